The van der Waals surface area contributed by atoms with Gasteiger partial charge in [-0.2, -0.15) is 0 Å². The number of rotatable bonds is 6. The molecule has 1 atom stereocenters. The number of hydrogen-bond donors (Lipinski definition) is 1. The van der Waals surface area contributed by atoms with Crippen molar-refractivity contribution in [1.82, 2.24) is 5.32 Å². The summed E-state index contributed by atoms with van der Waals surface area (Å²) in [5.41, 5.74) is 3.51. The van der Waals surface area contributed by atoms with E-state index in [-0.39, 0.29) is 6.04 Å². The van der Waals surface area contributed by atoms with Crippen LogP contribution in [-0.4, -0.2) is 20.8 Å². The molecule has 0 radical (unpaired) electrons. The molecule has 0 spiro atoms. The van der Waals surface area contributed by atoms with Crippen molar-refractivity contribution in [1.29, 1.82) is 0 Å². The van der Waals surface area contributed by atoms with Gasteiger partial charge in [0.15, 0.2) is 0 Å². The van der Waals surface area contributed by atoms with Crippen molar-refractivity contribution in [3.63, 3.8) is 0 Å². The van der Waals surface area contributed by atoms with Gasteiger partial charge in [0, 0.05) is 5.56 Å². The number of aryl methyl sites for hydroxylation is 1. The van der Waals surface area contributed by atoms with Crippen molar-refractivity contribution < 1.29 is 9.47 Å². The fourth-order valence-electron chi connectivity index (χ4n) is 2.53. The zero-order valence-electron chi connectivity index (χ0n) is 13.1. The minimum Gasteiger partial charge on any atom is -0.496 e. The maximum absolute atomic E-state index is 5.60. The van der Waals surface area contributed by atoms with E-state index in [1.807, 2.05) is 32.2 Å². The van der Waals surface area contributed by atoms with Gasteiger partial charge in [-0.3, -0.25) is 0 Å². The van der Waals surface area contributed by atoms with E-state index in [1.54, 1.807) is 7.11 Å². The molecule has 0 aliphatic heterocycles. The molecule has 3 heteroatoms. The van der Waals surface area contributed by atoms with Crippen molar-refractivity contribution in [3.05, 3.63) is 59.2 Å². The van der Waals surface area contributed by atoms with Gasteiger partial charge in [0.25, 0.3) is 0 Å². The van der Waals surface area contributed by atoms with Crippen molar-refractivity contribution in [3.8, 4) is 11.5 Å². The summed E-state index contributed by atoms with van der Waals surface area (Å²) in [6.07, 6.45) is 0. The molecule has 2 rings (SSSR count). The Kier molecular flexibility index (Phi) is 5.23. The number of methoxy groups -OCH3 is 1. The summed E-state index contributed by atoms with van der Waals surface area (Å²) >= 11 is 0. The largest absolute Gasteiger partial charge is 0.496 e. The third kappa shape index (κ3) is 3.56. The highest BCUT2D eigenvalue weighted by molar-refractivity contribution is 5.45. The predicted octanol–water partition coefficient (Wildman–Crippen LogP) is 3.71. The van der Waals surface area contributed by atoms with Gasteiger partial charge in [0.05, 0.1) is 19.8 Å². The molecule has 2 aromatic rings. The summed E-state index contributed by atoms with van der Waals surface area (Å²) < 4.78 is 11.1. The van der Waals surface area contributed by atoms with Crippen LogP contribution in [0.5, 0.6) is 11.5 Å². The summed E-state index contributed by atoms with van der Waals surface area (Å²) in [4.78, 5) is 0. The maximum atomic E-state index is 5.60. The molecule has 0 heterocycles. The van der Waals surface area contributed by atoms with Gasteiger partial charge >= 0.3 is 0 Å². The monoisotopic (exact) mass is 285 g/mol. The Morgan fingerprint density at radius 3 is 2.62 bits per heavy atom. The second-order valence-electron chi connectivity index (χ2n) is 4.97. The van der Waals surface area contributed by atoms with Crippen LogP contribution in [0.2, 0.25) is 0 Å². The van der Waals surface area contributed by atoms with Gasteiger partial charge in [-0.1, -0.05) is 29.8 Å². The Hall–Kier alpha value is -2.00. The average Bonchev–Trinajstić information content (AvgIpc) is 2.49. The van der Waals surface area contributed by atoms with Crippen LogP contribution in [0.1, 0.15) is 29.7 Å². The Balaban J connectivity index is 2.44. The Morgan fingerprint density at radius 1 is 1.14 bits per heavy atom. The molecule has 0 aliphatic carbocycles. The molecule has 2 aromatic carbocycles. The second kappa shape index (κ2) is 7.14. The number of benzene rings is 2. The summed E-state index contributed by atoms with van der Waals surface area (Å²) in [6, 6.07) is 14.5. The van der Waals surface area contributed by atoms with Crippen LogP contribution in [0.4, 0.5) is 0 Å². The van der Waals surface area contributed by atoms with Crippen molar-refractivity contribution >= 4 is 0 Å². The molecular weight excluding hydrogens is 262 g/mol. The van der Waals surface area contributed by atoms with Crippen LogP contribution in [-0.2, 0) is 0 Å². The average molecular weight is 285 g/mol. The Bertz CT molecular complexity index is 596. The van der Waals surface area contributed by atoms with Gasteiger partial charge < -0.3 is 14.8 Å². The van der Waals surface area contributed by atoms with Gasteiger partial charge in [-0.25, -0.2) is 0 Å². The van der Waals surface area contributed by atoms with Crippen LogP contribution in [0.3, 0.4) is 0 Å². The molecular formula is C18H23NO2. The first-order valence-electron chi connectivity index (χ1n) is 7.24. The normalized spacial score (nSPS) is 12.0. The second-order valence-corrected chi connectivity index (χ2v) is 4.97. The third-order valence-electron chi connectivity index (χ3n) is 3.49. The van der Waals surface area contributed by atoms with E-state index in [4.69, 9.17) is 9.47 Å². The highest BCUT2D eigenvalue weighted by Crippen LogP contribution is 2.32. The molecule has 0 amide bonds. The smallest absolute Gasteiger partial charge is 0.123 e. The lowest BCUT2D eigenvalue weighted by molar-refractivity contribution is 0.339. The van der Waals surface area contributed by atoms with E-state index < -0.39 is 0 Å². The van der Waals surface area contributed by atoms with Crippen molar-refractivity contribution in [2.45, 2.75) is 19.9 Å². The molecule has 112 valence electrons. The van der Waals surface area contributed by atoms with E-state index in [0.717, 1.165) is 22.6 Å². The van der Waals surface area contributed by atoms with Gasteiger partial charge in [-0.15, -0.1) is 0 Å². The van der Waals surface area contributed by atoms with E-state index >= 15 is 0 Å². The number of ether oxygens (including phenoxy) is 2. The lowest BCUT2D eigenvalue weighted by atomic mass is 9.96. The molecule has 0 fully saturated rings. The number of hydrogen-bond acceptors (Lipinski definition) is 3. The van der Waals surface area contributed by atoms with Crippen LogP contribution in [0.25, 0.3) is 0 Å². The first-order valence-corrected chi connectivity index (χ1v) is 7.24. The fraction of sp³-hybridized carbons (Fsp3) is 0.333. The molecule has 0 saturated heterocycles. The lowest BCUT2D eigenvalue weighted by Crippen LogP contribution is -2.18. The lowest BCUT2D eigenvalue weighted by Gasteiger charge is -2.21. The predicted molar refractivity (Wildman–Crippen MR) is 86.2 cm³/mol. The summed E-state index contributed by atoms with van der Waals surface area (Å²) in [7, 11) is 3.66. The Labute approximate surface area is 126 Å². The quantitative estimate of drug-likeness (QED) is 0.877. The molecule has 0 aromatic heterocycles. The van der Waals surface area contributed by atoms with E-state index in [0.29, 0.717) is 6.61 Å². The minimum atomic E-state index is 0.0697. The zero-order chi connectivity index (χ0) is 15.2. The highest BCUT2D eigenvalue weighted by atomic mass is 16.5. The highest BCUT2D eigenvalue weighted by Gasteiger charge is 2.17. The van der Waals surface area contributed by atoms with E-state index in [2.05, 4.69) is 36.5 Å². The molecule has 21 heavy (non-hydrogen) atoms. The molecule has 1 unspecified atom stereocenters. The van der Waals surface area contributed by atoms with Crippen LogP contribution in [0, 0.1) is 6.92 Å². The van der Waals surface area contributed by atoms with Crippen LogP contribution >= 0.6 is 0 Å². The number of nitrogens with one attached hydrogen (secondary N) is 1. The molecule has 1 N–H and O–H groups in total. The van der Waals surface area contributed by atoms with Crippen LogP contribution < -0.4 is 14.8 Å². The van der Waals surface area contributed by atoms with Crippen molar-refractivity contribution in [2.24, 2.45) is 0 Å². The van der Waals surface area contributed by atoms with Crippen LogP contribution in [0.15, 0.2) is 42.5 Å². The Morgan fingerprint density at radius 2 is 1.95 bits per heavy atom. The molecule has 0 bridgehead atoms. The van der Waals surface area contributed by atoms with Gasteiger partial charge in [0.2, 0.25) is 0 Å². The van der Waals surface area contributed by atoms with E-state index in [1.165, 1.54) is 5.56 Å². The third-order valence-corrected chi connectivity index (χ3v) is 3.49. The fourth-order valence-corrected chi connectivity index (χ4v) is 2.53. The first-order chi connectivity index (χ1) is 10.2. The maximum Gasteiger partial charge on any atom is 0.123 e. The standard InChI is InChI=1S/C18H23NO2/c1-5-21-15-8-6-7-14(12-15)18(19-3)16-11-13(2)9-10-17(16)20-4/h6-12,18-19H,5H2,1-4H3. The minimum absolute atomic E-state index is 0.0697. The first kappa shape index (κ1) is 15.4. The van der Waals surface area contributed by atoms with Gasteiger partial charge in [-0.05, 0) is 44.7 Å². The zero-order valence-corrected chi connectivity index (χ0v) is 13.1. The van der Waals surface area contributed by atoms with E-state index in [9.17, 15) is 0 Å². The summed E-state index contributed by atoms with van der Waals surface area (Å²) in [5.74, 6) is 1.78. The summed E-state index contributed by atoms with van der Waals surface area (Å²) in [6.45, 7) is 4.75. The van der Waals surface area contributed by atoms with Gasteiger partial charge in [0.1, 0.15) is 11.5 Å². The molecule has 0 aliphatic rings. The van der Waals surface area contributed by atoms with Crippen molar-refractivity contribution in [2.75, 3.05) is 20.8 Å². The SMILES string of the molecule is CCOc1cccc(C(NC)c2cc(C)ccc2OC)c1. The topological polar surface area (TPSA) is 30.5 Å². The summed E-state index contributed by atoms with van der Waals surface area (Å²) in [5, 5.41) is 3.37. The molecule has 0 saturated carbocycles. The molecule has 3 nitrogen and oxygen atoms in total.